The Kier molecular flexibility index (Phi) is 8.41. The number of hydrogen-bond donors (Lipinski definition) is 1. The van der Waals surface area contributed by atoms with Crippen molar-refractivity contribution in [3.8, 4) is 0 Å². The number of ether oxygens (including phenoxy) is 2. The molecule has 0 aromatic rings. The van der Waals surface area contributed by atoms with Gasteiger partial charge in [0.15, 0.2) is 0 Å². The summed E-state index contributed by atoms with van der Waals surface area (Å²) in [6.45, 7) is 10.5. The van der Waals surface area contributed by atoms with Crippen LogP contribution in [0.3, 0.4) is 0 Å². The first kappa shape index (κ1) is 20.7. The van der Waals surface area contributed by atoms with Gasteiger partial charge in [-0.15, -0.1) is 0 Å². The number of rotatable bonds is 6. The van der Waals surface area contributed by atoms with Gasteiger partial charge in [0.1, 0.15) is 0 Å². The monoisotopic (exact) mass is 533 g/mol. The Hall–Kier alpha value is 1.37. The number of aliphatic hydroxyl groups excluding tert-OH is 1. The van der Waals surface area contributed by atoms with Crippen LogP contribution in [0.25, 0.3) is 0 Å². The van der Waals surface area contributed by atoms with Crippen LogP contribution in [-0.4, -0.2) is 99.1 Å². The first-order valence-corrected chi connectivity index (χ1v) is 14.6. The standard InChI is InChI=1S/C13H28BN2O4P2.W/c1-10-4-15(2)5-12(19-10)9-18-22(3)16-6-11(8-17)20-13(7-16)14-21;/h10-13,17H,4-9,21H2,1-3H3;. The van der Waals surface area contributed by atoms with E-state index in [1.54, 1.807) is 0 Å². The van der Waals surface area contributed by atoms with E-state index in [9.17, 15) is 5.11 Å². The third-order valence-electron chi connectivity index (χ3n) is 4.11. The zero-order valence-corrected chi connectivity index (χ0v) is 19.1. The number of hydrogen-bond acceptors (Lipinski definition) is 6. The third kappa shape index (κ3) is 6.24. The molecule has 2 heterocycles. The zero-order chi connectivity index (χ0) is 17.0. The molecule has 2 aliphatic rings. The summed E-state index contributed by atoms with van der Waals surface area (Å²) in [4.78, 5) is 2.30. The van der Waals surface area contributed by atoms with E-state index in [1.165, 1.54) is 18.8 Å². The van der Waals surface area contributed by atoms with E-state index in [1.807, 2.05) is 7.00 Å². The van der Waals surface area contributed by atoms with Gasteiger partial charge in [0.05, 0.1) is 0 Å². The van der Waals surface area contributed by atoms with Gasteiger partial charge >= 0.3 is 153 Å². The van der Waals surface area contributed by atoms with Crippen molar-refractivity contribution in [1.82, 2.24) is 9.57 Å². The molecular weight excluding hydrogens is 505 g/mol. The molecule has 0 saturated carbocycles. The van der Waals surface area contributed by atoms with Crippen LogP contribution in [0.15, 0.2) is 0 Å². The zero-order valence-electron chi connectivity index (χ0n) is 14.1. The molecule has 2 aliphatic heterocycles. The van der Waals surface area contributed by atoms with E-state index >= 15 is 0 Å². The van der Waals surface area contributed by atoms with Crippen molar-refractivity contribution >= 4 is 21.4 Å². The fourth-order valence-corrected chi connectivity index (χ4v) is 6.87. The van der Waals surface area contributed by atoms with E-state index in [0.29, 0.717) is 6.61 Å². The van der Waals surface area contributed by atoms with Crippen molar-refractivity contribution in [2.45, 2.75) is 31.2 Å². The van der Waals surface area contributed by atoms with Crippen molar-refractivity contribution in [2.75, 3.05) is 53.1 Å². The molecular formula is C13H28BN2O4P2W. The van der Waals surface area contributed by atoms with Crippen LogP contribution in [0, 0.1) is 0 Å². The molecule has 0 spiro atoms. The average Bonchev–Trinajstić information content (AvgIpc) is 2.51. The van der Waals surface area contributed by atoms with E-state index in [-0.39, 0.29) is 30.9 Å². The summed E-state index contributed by atoms with van der Waals surface area (Å²) in [5.74, 6) is 0. The van der Waals surface area contributed by atoms with Gasteiger partial charge < -0.3 is 0 Å². The summed E-state index contributed by atoms with van der Waals surface area (Å²) in [7, 11) is 4.74. The molecule has 0 aromatic carbocycles. The van der Waals surface area contributed by atoms with Gasteiger partial charge in [-0.05, 0) is 0 Å². The van der Waals surface area contributed by atoms with Crippen LogP contribution in [0.2, 0.25) is 0 Å². The molecule has 133 valence electrons. The van der Waals surface area contributed by atoms with Crippen LogP contribution in [0.1, 0.15) is 6.92 Å². The van der Waals surface area contributed by atoms with Crippen LogP contribution in [0.4, 0.5) is 0 Å². The Bertz CT molecular complexity index is 415. The fraction of sp³-hybridized carbons (Fsp3) is 1.00. The average molecular weight is 533 g/mol. The SMILES string of the molecule is CC1CN(C)CC(CO[P](C)(=[W])N2CC([B]P)OC(CO)C2)O1. The fourth-order valence-electron chi connectivity index (χ4n) is 3.02. The predicted octanol–water partition coefficient (Wildman–Crippen LogP) is 0.175. The maximum atomic E-state index is 9.46. The van der Waals surface area contributed by atoms with E-state index in [0.717, 1.165) is 26.2 Å². The molecule has 0 bridgehead atoms. The number of likely N-dealkylation sites (N-methyl/N-ethyl adjacent to an activating group) is 1. The van der Waals surface area contributed by atoms with Gasteiger partial charge in [-0.2, -0.15) is 0 Å². The number of aliphatic hydroxyl groups is 1. The first-order chi connectivity index (χ1) is 10.8. The number of morpholine rings is 2. The van der Waals surface area contributed by atoms with Crippen molar-refractivity contribution < 1.29 is 37.9 Å². The molecule has 2 rings (SSSR count). The molecule has 23 heavy (non-hydrogen) atoms. The first-order valence-electron chi connectivity index (χ1n) is 7.97. The van der Waals surface area contributed by atoms with E-state index in [4.69, 9.17) is 14.0 Å². The van der Waals surface area contributed by atoms with Crippen molar-refractivity contribution in [2.24, 2.45) is 0 Å². The molecule has 6 atom stereocenters. The topological polar surface area (TPSA) is 54.4 Å². The van der Waals surface area contributed by atoms with E-state index in [2.05, 4.69) is 39.3 Å². The minimum absolute atomic E-state index is 0.0326. The number of nitrogens with zero attached hydrogens (tertiary/aromatic N) is 2. The summed E-state index contributed by atoms with van der Waals surface area (Å²) in [6.07, 6.45) is 0.264. The van der Waals surface area contributed by atoms with Crippen LogP contribution in [0.5, 0.6) is 0 Å². The maximum absolute atomic E-state index is 9.46. The molecule has 6 unspecified atom stereocenters. The Labute approximate surface area is 153 Å². The molecule has 1 N–H and O–H groups in total. The molecule has 0 amide bonds. The molecule has 0 aliphatic carbocycles. The Balaban J connectivity index is 1.91. The quantitative estimate of drug-likeness (QED) is 0.389. The van der Waals surface area contributed by atoms with Crippen LogP contribution >= 0.6 is 14.4 Å². The van der Waals surface area contributed by atoms with Gasteiger partial charge in [0.2, 0.25) is 0 Å². The van der Waals surface area contributed by atoms with Crippen molar-refractivity contribution in [3.63, 3.8) is 0 Å². The molecule has 1 radical (unpaired) electrons. The van der Waals surface area contributed by atoms with Gasteiger partial charge in [0.25, 0.3) is 0 Å². The molecule has 6 nitrogen and oxygen atoms in total. The van der Waals surface area contributed by atoms with Gasteiger partial charge in [-0.3, -0.25) is 0 Å². The molecule has 10 heteroatoms. The molecule has 0 aromatic heterocycles. The Morgan fingerprint density at radius 1 is 1.30 bits per heavy atom. The summed E-state index contributed by atoms with van der Waals surface area (Å²) in [6, 6.07) is 0.0326. The summed E-state index contributed by atoms with van der Waals surface area (Å²) in [5.41, 5.74) is 0. The Morgan fingerprint density at radius 3 is 2.65 bits per heavy atom. The summed E-state index contributed by atoms with van der Waals surface area (Å²) in [5, 5.41) is 7.83. The van der Waals surface area contributed by atoms with Crippen LogP contribution < -0.4 is 0 Å². The van der Waals surface area contributed by atoms with Gasteiger partial charge in [0, 0.05) is 0 Å². The summed E-state index contributed by atoms with van der Waals surface area (Å²) >= 11 is 1.46. The van der Waals surface area contributed by atoms with Gasteiger partial charge in [-0.25, -0.2) is 0 Å². The predicted molar refractivity (Wildman–Crippen MR) is 93.4 cm³/mol. The Morgan fingerprint density at radius 2 is 2.04 bits per heavy atom. The van der Waals surface area contributed by atoms with Gasteiger partial charge in [-0.1, -0.05) is 0 Å². The molecule has 2 saturated heterocycles. The minimum atomic E-state index is -1.63. The molecule has 2 fully saturated rings. The van der Waals surface area contributed by atoms with E-state index < -0.39 is 5.27 Å². The van der Waals surface area contributed by atoms with Crippen LogP contribution in [-0.2, 0) is 32.8 Å². The van der Waals surface area contributed by atoms with Crippen molar-refractivity contribution in [3.05, 3.63) is 0 Å². The second-order valence-electron chi connectivity index (χ2n) is 6.43. The normalized spacial score (nSPS) is 36.6. The van der Waals surface area contributed by atoms with Crippen molar-refractivity contribution in [1.29, 1.82) is 0 Å². The second kappa shape index (κ2) is 9.35. The summed E-state index contributed by atoms with van der Waals surface area (Å²) < 4.78 is 20.5. The second-order valence-corrected chi connectivity index (χ2v) is 16.5. The third-order valence-corrected chi connectivity index (χ3v) is 10.2.